The lowest BCUT2D eigenvalue weighted by molar-refractivity contribution is -0.385. The van der Waals surface area contributed by atoms with Crippen molar-refractivity contribution in [3.8, 4) is 11.3 Å². The van der Waals surface area contributed by atoms with Crippen LogP contribution >= 0.6 is 39.5 Å². The van der Waals surface area contributed by atoms with Crippen LogP contribution in [0.25, 0.3) is 11.3 Å². The van der Waals surface area contributed by atoms with Crippen LogP contribution in [0.5, 0.6) is 0 Å². The molecule has 4 aromatic carbocycles. The Morgan fingerprint density at radius 1 is 0.742 bits per heavy atom. The molecule has 1 aromatic heterocycles. The van der Waals surface area contributed by atoms with Crippen molar-refractivity contribution in [3.63, 3.8) is 0 Å². The predicted molar refractivity (Wildman–Crippen MR) is 248 cm³/mol. The molecule has 15 nitrogen and oxygen atoms in total. The Bertz CT molecular complexity index is 2260. The Balaban J connectivity index is 0.000000279. The van der Waals surface area contributed by atoms with Crippen LogP contribution in [0.4, 0.5) is 21.0 Å². The van der Waals surface area contributed by atoms with Gasteiger partial charge in [-0.05, 0) is 65.5 Å². The van der Waals surface area contributed by atoms with Gasteiger partial charge in [0.2, 0.25) is 0 Å². The predicted octanol–water partition coefficient (Wildman–Crippen LogP) is 10.1. The summed E-state index contributed by atoms with van der Waals surface area (Å²) in [5.41, 5.74) is 8.59. The van der Waals surface area contributed by atoms with Gasteiger partial charge in [-0.3, -0.25) is 25.0 Å². The van der Waals surface area contributed by atoms with Crippen molar-refractivity contribution >= 4 is 73.8 Å². The molecule has 18 heteroatoms. The van der Waals surface area contributed by atoms with Gasteiger partial charge < -0.3 is 25.8 Å². The van der Waals surface area contributed by atoms with Gasteiger partial charge in [-0.1, -0.05) is 113 Å². The van der Waals surface area contributed by atoms with E-state index in [2.05, 4.69) is 26.6 Å². The summed E-state index contributed by atoms with van der Waals surface area (Å²) >= 11 is 9.49. The third kappa shape index (κ3) is 18.2. The van der Waals surface area contributed by atoms with Gasteiger partial charge in [-0.15, -0.1) is 11.3 Å². The summed E-state index contributed by atoms with van der Waals surface area (Å²) in [5.74, 6) is 0.126. The number of carbonyl (C=O) groups is 3. The van der Waals surface area contributed by atoms with Gasteiger partial charge in [0.05, 0.1) is 37.9 Å². The molecule has 0 aliphatic rings. The molecule has 2 amide bonds. The molecule has 5 aromatic rings. The van der Waals surface area contributed by atoms with Gasteiger partial charge in [-0.25, -0.2) is 14.6 Å². The minimum Gasteiger partial charge on any atom is -0.444 e. The molecule has 1 heterocycles. The average Bonchev–Trinajstić information content (AvgIpc) is 3.71. The number of ketones is 1. The molecule has 0 saturated heterocycles. The summed E-state index contributed by atoms with van der Waals surface area (Å²) in [6.45, 7) is 10.6. The minimum atomic E-state index is -0.627. The highest BCUT2D eigenvalue weighted by Gasteiger charge is 2.24. The van der Waals surface area contributed by atoms with Crippen molar-refractivity contribution in [2.45, 2.75) is 77.7 Å². The van der Waals surface area contributed by atoms with E-state index in [9.17, 15) is 34.6 Å². The largest absolute Gasteiger partial charge is 0.444 e. The zero-order chi connectivity index (χ0) is 46.0. The number of hydrogen-bond donors (Lipinski definition) is 3. The molecule has 0 fully saturated rings. The molecule has 4 N–H and O–H groups in total. The number of Topliss-reactive ketones (excluding diaryl/α,β-unsaturated/α-hetero) is 1. The number of aromatic nitrogens is 1. The van der Waals surface area contributed by atoms with E-state index in [0.29, 0.717) is 18.2 Å². The second-order valence-corrected chi connectivity index (χ2v) is 17.3. The third-order valence-corrected chi connectivity index (χ3v) is 9.76. The summed E-state index contributed by atoms with van der Waals surface area (Å²) < 4.78 is 10.6. The van der Waals surface area contributed by atoms with E-state index < -0.39 is 45.3 Å². The van der Waals surface area contributed by atoms with Crippen LogP contribution in [0.3, 0.4) is 0 Å². The Kier molecular flexibility index (Phi) is 19.3. The average molecular weight is 950 g/mol. The fourth-order valence-corrected chi connectivity index (χ4v) is 6.54. The van der Waals surface area contributed by atoms with E-state index in [0.717, 1.165) is 33.0 Å². The normalized spacial score (nSPS) is 11.8. The van der Waals surface area contributed by atoms with Crippen molar-refractivity contribution in [2.24, 2.45) is 5.73 Å². The number of rotatable bonds is 13. The Morgan fingerprint density at radius 3 is 1.63 bits per heavy atom. The monoisotopic (exact) mass is 948 g/mol. The number of nitrogens with two attached hydrogens (primary N) is 1. The maximum Gasteiger partial charge on any atom is 0.408 e. The number of alkyl carbamates (subject to hydrolysis) is 2. The van der Waals surface area contributed by atoms with E-state index in [4.69, 9.17) is 32.4 Å². The fraction of sp³-hybridized carbons (Fsp3) is 0.295. The van der Waals surface area contributed by atoms with Crippen LogP contribution in [0.1, 0.15) is 74.1 Å². The first kappa shape index (κ1) is 50.2. The first-order chi connectivity index (χ1) is 29.1. The summed E-state index contributed by atoms with van der Waals surface area (Å²) in [6, 6.07) is 30.3. The maximum absolute atomic E-state index is 12.4. The number of nitro benzene ring substituents is 2. The van der Waals surface area contributed by atoms with Crippen molar-refractivity contribution in [2.75, 3.05) is 5.33 Å². The van der Waals surface area contributed by atoms with Crippen molar-refractivity contribution in [3.05, 3.63) is 157 Å². The number of nitrogens with zero attached hydrogens (tertiary/aromatic N) is 3. The molecule has 5 rings (SSSR count). The molecule has 0 aliphatic heterocycles. The number of nitro groups is 2. The number of amides is 2. The topological polar surface area (TPSA) is 219 Å². The molecule has 0 saturated carbocycles. The highest BCUT2D eigenvalue weighted by Crippen LogP contribution is 2.28. The molecule has 0 unspecified atom stereocenters. The van der Waals surface area contributed by atoms with E-state index in [1.54, 1.807) is 65.8 Å². The molecule has 0 bridgehead atoms. The Morgan fingerprint density at radius 2 is 1.19 bits per heavy atom. The highest BCUT2D eigenvalue weighted by molar-refractivity contribution is 9.09. The second-order valence-electron chi connectivity index (χ2n) is 15.4. The lowest BCUT2D eigenvalue weighted by atomic mass is 10.1. The number of non-ortho nitro benzene ring substituents is 2. The molecule has 0 spiro atoms. The van der Waals surface area contributed by atoms with Crippen LogP contribution in [0.15, 0.2) is 115 Å². The minimum absolute atomic E-state index is 0.00396. The zero-order valence-electron chi connectivity index (χ0n) is 35.0. The standard InChI is InChI=1S/C22H23N3O4S.C14H19N3O4S.C8H7BrO/c1-22(2,3)29-21(26)24-18(13-15-9-11-17(12-10-15)25(27)28)20-23-19(14-30-20)16-7-5-4-6-8-16;1-14(2,3)21-13(18)16-11(12(15)22)8-9-4-6-10(7-5-9)17(19)20;9-6-8(10)7-4-2-1-3-5-7/h4-12,14,18H,13H2,1-3H3,(H,24,26);4-7,11H,8H2,1-3H3,(H2,15,22)(H,16,18);1-5H,6H2/t18-;11-;/m00./s1. The Labute approximate surface area is 377 Å². The Hall–Kier alpha value is -6.11. The van der Waals surface area contributed by atoms with E-state index in [-0.39, 0.29) is 22.1 Å². The number of carbonyl (C=O) groups excluding carboxylic acids is 3. The molecular formula is C44H49BrN6O9S2. The number of hydrogen-bond acceptors (Lipinski definition) is 12. The van der Waals surface area contributed by atoms with Crippen LogP contribution in [0, 0.1) is 20.2 Å². The SMILES string of the molecule is CC(C)(C)OC(=O)N[C@@H](Cc1ccc([N+](=O)[O-])cc1)C(N)=S.CC(C)(C)OC(=O)N[C@@H](Cc1ccc([N+](=O)[O-])cc1)c1nc(-c2ccccc2)cs1.O=C(CBr)c1ccccc1. The third-order valence-electron chi connectivity index (χ3n) is 8.01. The maximum atomic E-state index is 12.4. The first-order valence-electron chi connectivity index (χ1n) is 19.0. The molecule has 2 atom stereocenters. The molecule has 0 radical (unpaired) electrons. The summed E-state index contributed by atoms with van der Waals surface area (Å²) in [5, 5.41) is 30.1. The molecule has 62 heavy (non-hydrogen) atoms. The molecular weight excluding hydrogens is 901 g/mol. The quantitative estimate of drug-likeness (QED) is 0.0330. The highest BCUT2D eigenvalue weighted by atomic mass is 79.9. The van der Waals surface area contributed by atoms with Crippen LogP contribution in [0.2, 0.25) is 0 Å². The van der Waals surface area contributed by atoms with Crippen molar-refractivity contribution in [1.29, 1.82) is 0 Å². The number of halogens is 1. The summed E-state index contributed by atoms with van der Waals surface area (Å²) in [6.07, 6.45) is -0.399. The summed E-state index contributed by atoms with van der Waals surface area (Å²) in [7, 11) is 0. The van der Waals surface area contributed by atoms with Gasteiger partial charge in [0.25, 0.3) is 11.4 Å². The smallest absolute Gasteiger partial charge is 0.408 e. The molecule has 328 valence electrons. The molecule has 0 aliphatic carbocycles. The van der Waals surface area contributed by atoms with Gasteiger partial charge in [0.1, 0.15) is 16.2 Å². The lowest BCUT2D eigenvalue weighted by Crippen LogP contribution is -2.46. The van der Waals surface area contributed by atoms with Crippen LogP contribution in [-0.4, -0.2) is 60.4 Å². The van der Waals surface area contributed by atoms with Crippen LogP contribution < -0.4 is 16.4 Å². The number of ether oxygens (including phenoxy) is 2. The fourth-order valence-electron chi connectivity index (χ4n) is 5.19. The zero-order valence-corrected chi connectivity index (χ0v) is 38.3. The van der Waals surface area contributed by atoms with E-state index in [1.807, 2.05) is 66.0 Å². The second kappa shape index (κ2) is 23.8. The van der Waals surface area contributed by atoms with Gasteiger partial charge in [-0.2, -0.15) is 0 Å². The number of benzene rings is 4. The van der Waals surface area contributed by atoms with Gasteiger partial charge >= 0.3 is 12.2 Å². The van der Waals surface area contributed by atoms with Crippen LogP contribution in [-0.2, 0) is 22.3 Å². The van der Waals surface area contributed by atoms with Crippen molar-refractivity contribution < 1.29 is 33.7 Å². The summed E-state index contributed by atoms with van der Waals surface area (Å²) in [4.78, 5) is 60.6. The van der Waals surface area contributed by atoms with E-state index in [1.165, 1.54) is 35.6 Å². The lowest BCUT2D eigenvalue weighted by Gasteiger charge is -2.23. The number of thiocarbonyl (C=S) groups is 1. The van der Waals surface area contributed by atoms with Gasteiger partial charge in [0.15, 0.2) is 5.78 Å². The van der Waals surface area contributed by atoms with Crippen molar-refractivity contribution in [1.82, 2.24) is 15.6 Å². The number of nitrogens with one attached hydrogen (secondary N) is 2. The number of thiazole rings is 1. The number of alkyl halides is 1. The first-order valence-corrected chi connectivity index (χ1v) is 21.4. The van der Waals surface area contributed by atoms with Gasteiger partial charge in [0, 0.05) is 40.8 Å². The van der Waals surface area contributed by atoms with E-state index >= 15 is 0 Å².